The highest BCUT2D eigenvalue weighted by Gasteiger charge is 2.28. The van der Waals surface area contributed by atoms with Crippen molar-refractivity contribution in [1.29, 1.82) is 0 Å². The molecule has 0 saturated carbocycles. The highest BCUT2D eigenvalue weighted by Crippen LogP contribution is 2.38. The van der Waals surface area contributed by atoms with Crippen molar-refractivity contribution in [3.05, 3.63) is 122 Å². The molecule has 0 saturated heterocycles. The van der Waals surface area contributed by atoms with Crippen LogP contribution >= 0.6 is 45.7 Å². The second-order valence-electron chi connectivity index (χ2n) is 34.4. The molecule has 16 aromatic heterocycles. The van der Waals surface area contributed by atoms with Gasteiger partial charge in [0.2, 0.25) is 17.8 Å². The Morgan fingerprint density at radius 3 is 1.30 bits per heavy atom. The van der Waals surface area contributed by atoms with Gasteiger partial charge in [0.1, 0.15) is 46.9 Å². The summed E-state index contributed by atoms with van der Waals surface area (Å²) >= 11 is 6.01. The lowest BCUT2D eigenvalue weighted by Crippen LogP contribution is -2.23. The van der Waals surface area contributed by atoms with E-state index in [1.807, 2.05) is 86.8 Å². The molecule has 0 aromatic carbocycles. The summed E-state index contributed by atoms with van der Waals surface area (Å²) in [5.41, 5.74) is 46.3. The molecule has 0 aliphatic carbocycles. The minimum absolute atomic E-state index is 0.0142. The molecule has 42 heteroatoms. The van der Waals surface area contributed by atoms with Gasteiger partial charge >= 0.3 is 0 Å². The van der Waals surface area contributed by atoms with Gasteiger partial charge in [-0.05, 0) is 122 Å². The summed E-state index contributed by atoms with van der Waals surface area (Å²) in [6, 6.07) is 0. The largest absolute Gasteiger partial charge is 0.383 e. The lowest BCUT2D eigenvalue weighted by atomic mass is 9.93. The number of rotatable bonds is 0. The van der Waals surface area contributed by atoms with Crippen LogP contribution in [0.2, 0.25) is 0 Å². The maximum Gasteiger partial charge on any atom is 0.280 e. The zero-order valence-electron chi connectivity index (χ0n) is 68.9. The van der Waals surface area contributed by atoms with Crippen molar-refractivity contribution < 1.29 is 0 Å². The van der Waals surface area contributed by atoms with Gasteiger partial charge in [-0.1, -0.05) is 83.1 Å². The number of H-pyrrole nitrogens is 4. The molecule has 0 aliphatic heterocycles. The lowest BCUT2D eigenvalue weighted by molar-refractivity contribution is 0.365. The zero-order chi connectivity index (χ0) is 85.4. The van der Waals surface area contributed by atoms with Crippen LogP contribution in [0.1, 0.15) is 186 Å². The van der Waals surface area contributed by atoms with Crippen LogP contribution in [0.15, 0.2) is 80.4 Å². The Labute approximate surface area is 676 Å². The first-order valence-corrected chi connectivity index (χ1v) is 39.2. The zero-order valence-corrected chi connectivity index (χ0v) is 72.1. The third-order valence-electron chi connectivity index (χ3n) is 16.5. The molecule has 0 bridgehead atoms. The molecule has 0 fully saturated rings. The van der Waals surface area contributed by atoms with E-state index in [1.165, 1.54) is 53.3 Å². The summed E-state index contributed by atoms with van der Waals surface area (Å²) in [6.45, 7) is 49.9. The van der Waals surface area contributed by atoms with Crippen LogP contribution in [0, 0.1) is 0 Å². The van der Waals surface area contributed by atoms with Crippen molar-refractivity contribution in [1.82, 2.24) is 132 Å². The number of nitrogens with one attached hydrogen (secondary N) is 4. The number of nitrogen functional groups attached to an aromatic ring is 7. The quantitative estimate of drug-likeness (QED) is 0.0672. The van der Waals surface area contributed by atoms with E-state index in [-0.39, 0.29) is 83.9 Å². The first-order valence-electron chi connectivity index (χ1n) is 35.9. The maximum absolute atomic E-state index is 11.6. The summed E-state index contributed by atoms with van der Waals surface area (Å²) < 4.78 is 15.9. The Balaban J connectivity index is 0.000000150. The molecule has 0 atom stereocenters. The summed E-state index contributed by atoms with van der Waals surface area (Å²) in [6.07, 6.45) is 12.5. The Bertz CT molecular complexity index is 5780. The van der Waals surface area contributed by atoms with Gasteiger partial charge in [0, 0.05) is 48.0 Å². The highest BCUT2D eigenvalue weighted by atomic mass is 32.1. The molecule has 38 nitrogen and oxygen atoms in total. The van der Waals surface area contributed by atoms with Gasteiger partial charge in [-0.2, -0.15) is 18.8 Å². The number of fused-ring (bicyclic) bond motifs is 8. The molecule has 16 aromatic rings. The average Bonchev–Trinajstić information content (AvgIpc) is 1.70. The third kappa shape index (κ3) is 19.9. The topological polar surface area (TPSA) is 578 Å². The fraction of sp³-hybridized carbons (Fsp3) is 0.438. The van der Waals surface area contributed by atoms with Gasteiger partial charge in [0.15, 0.2) is 56.6 Å². The molecule has 16 heterocycles. The third-order valence-corrected chi connectivity index (χ3v) is 21.8. The fourth-order valence-electron chi connectivity index (χ4n) is 10.9. The summed E-state index contributed by atoms with van der Waals surface area (Å²) in [7, 11) is 0. The number of hydrogen-bond donors (Lipinski definition) is 11. The van der Waals surface area contributed by atoms with Crippen LogP contribution in [0.5, 0.6) is 0 Å². The predicted molar refractivity (Wildman–Crippen MR) is 461 cm³/mol. The summed E-state index contributed by atoms with van der Waals surface area (Å²) in [4.78, 5) is 114. The fourth-order valence-corrected chi connectivity index (χ4v) is 14.8. The minimum Gasteiger partial charge on any atom is -0.383 e. The van der Waals surface area contributed by atoms with Gasteiger partial charge in [-0.3, -0.25) is 34.1 Å². The number of imidazole rings is 3. The number of nitrogens with two attached hydrogens (primary N) is 7. The van der Waals surface area contributed by atoms with Crippen LogP contribution < -0.4 is 62.4 Å². The van der Waals surface area contributed by atoms with E-state index in [0.717, 1.165) is 53.1 Å². The van der Waals surface area contributed by atoms with Crippen LogP contribution in [0.3, 0.4) is 0 Å². The van der Waals surface area contributed by atoms with Crippen LogP contribution in [0.4, 0.5) is 41.1 Å². The maximum atomic E-state index is 11.6. The SMILES string of the molecule is CC(C)(C)c1scc2c(=O)[nH]c(N)nc12.CC(C)(C)c1scc2c(N)ncnc12.CC(C)(C)c1snc2c(=O)[nH]c(N)nc12.CC(C)(C)c1snc2c(N)ncnc12.CC(C)(C)n1cnc2c(=O)[nH]c(N)nc21.CC(C)(C)n1cnc2c(=O)[nH]cnc21.CC(C)(C)n1cnc2c(N)ncnc21.CC(C)(C)n1ncc2c(N)nnnc21. The van der Waals surface area contributed by atoms with E-state index < -0.39 is 0 Å². The van der Waals surface area contributed by atoms with E-state index in [1.54, 1.807) is 52.5 Å². The van der Waals surface area contributed by atoms with Crippen LogP contribution in [-0.4, -0.2) is 132 Å². The Kier molecular flexibility index (Phi) is 24.8. The molecule has 0 unspecified atom stereocenters. The molecular formula is C73H100N34O4S4. The molecule has 0 aliphatic rings. The normalized spacial score (nSPS) is 12.2. The van der Waals surface area contributed by atoms with Crippen molar-refractivity contribution in [2.75, 3.05) is 40.1 Å². The number of anilines is 7. The van der Waals surface area contributed by atoms with Crippen LogP contribution in [-0.2, 0) is 43.8 Å². The standard InChI is InChI=1S/C10H13N3OS.C10H13N3S.C9H13N5O.C9H13N5.C9H12N4OS.C9H12N4O.C9H12N4S.C8H12N6/c1-10(2,3)7-6-5(4-15-7)8(14)13-9(11)12-6;1-10(2,3)8-7-6(4-14-8)9(11)13-5-12-7;1-9(2,3)14-4-11-5-6(14)12-8(10)13-7(5)15;1-9(2,3)14-5-13-6-7(10)11-4-12-8(6)14;1-9(2,3)6-4-5(13-15-6)7(14)12-8(10)11-4;1-9(2,3)13-5-12-6-7(13)10-4-11-8(6)14;1-9(2,3)7-5-6(13-14-7)8(10)12-4-11-5;1-8(2,3)14-7-5(4-10-14)6(9)11-13-12-7/h4H,1-3H3,(H3,11,12,13,14);4-5H,1-3H3,(H2,11,12,13);4H,1-3H3,(H3,10,12,13,15);4-5H,1-3H3,(H2,10,11,12);1-3H3,(H3,10,11,12,14);4-5H,1-3H3,(H,10,11,14);4H,1-3H3,(H2,10,11,12);4H,1-3H3,(H2,9,11,12). The molecule has 18 N–H and O–H groups in total. The smallest absolute Gasteiger partial charge is 0.280 e. The van der Waals surface area contributed by atoms with Gasteiger partial charge in [0.05, 0.1) is 74.0 Å². The van der Waals surface area contributed by atoms with Gasteiger partial charge in [0.25, 0.3) is 22.2 Å². The average molecular weight is 1650 g/mol. The van der Waals surface area contributed by atoms with E-state index in [9.17, 15) is 19.2 Å². The van der Waals surface area contributed by atoms with Gasteiger partial charge in [-0.15, -0.1) is 32.9 Å². The van der Waals surface area contributed by atoms with Crippen molar-refractivity contribution in [2.24, 2.45) is 0 Å². The first-order chi connectivity index (χ1) is 53.2. The number of hydrogen-bond acceptors (Lipinski definition) is 34. The first kappa shape index (κ1) is 86.9. The lowest BCUT2D eigenvalue weighted by Gasteiger charge is -2.20. The second-order valence-corrected chi connectivity index (χ2v) is 37.8. The molecule has 115 heavy (non-hydrogen) atoms. The Morgan fingerprint density at radius 1 is 0.339 bits per heavy atom. The van der Waals surface area contributed by atoms with Crippen molar-refractivity contribution in [2.45, 2.75) is 210 Å². The molecule has 610 valence electrons. The van der Waals surface area contributed by atoms with E-state index in [2.05, 4.69) is 218 Å². The molecule has 0 amide bonds. The van der Waals surface area contributed by atoms with Gasteiger partial charge < -0.3 is 58.8 Å². The number of thiophene rings is 2. The number of aromatic amines is 4. The summed E-state index contributed by atoms with van der Waals surface area (Å²) in [5.74, 6) is 2.25. The van der Waals surface area contributed by atoms with Crippen molar-refractivity contribution in [3.8, 4) is 0 Å². The Hall–Kier alpha value is -12.0. The second kappa shape index (κ2) is 32.8. The number of aromatic nitrogens is 27. The summed E-state index contributed by atoms with van der Waals surface area (Å²) in [5, 5.41) is 21.6. The van der Waals surface area contributed by atoms with E-state index in [4.69, 9.17) is 40.1 Å². The molecule has 16 rings (SSSR count). The monoisotopic (exact) mass is 1640 g/mol. The Morgan fingerprint density at radius 2 is 0.765 bits per heavy atom. The number of nitrogens with zero attached hydrogens (tertiary/aromatic N) is 23. The molecular weight excluding hydrogens is 1550 g/mol. The van der Waals surface area contributed by atoms with Crippen molar-refractivity contribution in [3.63, 3.8) is 0 Å². The van der Waals surface area contributed by atoms with E-state index in [0.29, 0.717) is 73.2 Å². The highest BCUT2D eigenvalue weighted by molar-refractivity contribution is 7.12. The molecule has 0 spiro atoms. The van der Waals surface area contributed by atoms with Crippen LogP contribution in [0.25, 0.3) is 88.4 Å². The minimum atomic E-state index is -0.305. The van der Waals surface area contributed by atoms with Crippen molar-refractivity contribution >= 4 is 175 Å². The predicted octanol–water partition coefficient (Wildman–Crippen LogP) is 10.7. The van der Waals surface area contributed by atoms with E-state index >= 15 is 0 Å². The van der Waals surface area contributed by atoms with Gasteiger partial charge in [-0.25, -0.2) is 64.5 Å². The molecule has 0 radical (unpaired) electrons.